The van der Waals surface area contributed by atoms with E-state index in [1.165, 1.54) is 40.9 Å². The van der Waals surface area contributed by atoms with E-state index in [0.29, 0.717) is 35.7 Å². The molecule has 0 radical (unpaired) electrons. The molecule has 2 aromatic carbocycles. The van der Waals surface area contributed by atoms with E-state index < -0.39 is 11.3 Å². The van der Waals surface area contributed by atoms with Crippen LogP contribution in [0, 0.1) is 4.77 Å². The van der Waals surface area contributed by atoms with Crippen LogP contribution < -0.4 is 16.0 Å². The van der Waals surface area contributed by atoms with Crippen LogP contribution in [0.5, 0.6) is 5.75 Å². The van der Waals surface area contributed by atoms with E-state index in [4.69, 9.17) is 26.0 Å². The minimum absolute atomic E-state index is 0.0427. The molecule has 0 aliphatic carbocycles. The molecule has 4 aromatic rings. The van der Waals surface area contributed by atoms with Gasteiger partial charge in [-0.1, -0.05) is 31.9 Å². The Morgan fingerprint density at radius 2 is 1.79 bits per heavy atom. The molecule has 9 nitrogen and oxygen atoms in total. The Morgan fingerprint density at radius 3 is 2.62 bits per heavy atom. The largest absolute Gasteiger partial charge is 0.491 e. The van der Waals surface area contributed by atoms with Crippen molar-refractivity contribution in [2.45, 2.75) is 63.8 Å². The number of nitrogens with one attached hydrogen (secondary N) is 1. The van der Waals surface area contributed by atoms with Gasteiger partial charge in [-0.2, -0.15) is 0 Å². The number of para-hydroxylation sites is 2. The summed E-state index contributed by atoms with van der Waals surface area (Å²) in [6, 6.07) is 15.6. The van der Waals surface area contributed by atoms with E-state index in [0.717, 1.165) is 55.3 Å². The first-order chi connectivity index (χ1) is 20.5. The van der Waals surface area contributed by atoms with Crippen molar-refractivity contribution >= 4 is 23.1 Å². The number of hydrogen-bond donors (Lipinski definition) is 1. The number of hydrogen-bond acceptors (Lipinski definition) is 7. The summed E-state index contributed by atoms with van der Waals surface area (Å²) in [6.45, 7) is 4.89. The highest BCUT2D eigenvalue weighted by Gasteiger charge is 2.31. The van der Waals surface area contributed by atoms with Gasteiger partial charge in [-0.25, -0.2) is 9.59 Å². The van der Waals surface area contributed by atoms with Crippen LogP contribution in [0.2, 0.25) is 0 Å². The number of piperidine rings is 2. The molecule has 2 atom stereocenters. The van der Waals surface area contributed by atoms with Gasteiger partial charge in [0.15, 0.2) is 0 Å². The number of aromatic amines is 1. The van der Waals surface area contributed by atoms with Crippen molar-refractivity contribution in [1.82, 2.24) is 19.4 Å². The predicted molar refractivity (Wildman–Crippen MR) is 164 cm³/mol. The first-order valence-electron chi connectivity index (χ1n) is 14.8. The Labute approximate surface area is 248 Å². The van der Waals surface area contributed by atoms with Gasteiger partial charge in [-0.3, -0.25) is 0 Å². The minimum atomic E-state index is -0.767. The van der Waals surface area contributed by atoms with Crippen LogP contribution in [-0.4, -0.2) is 45.1 Å². The second-order valence-electron chi connectivity index (χ2n) is 11.1. The van der Waals surface area contributed by atoms with Crippen LogP contribution in [0.25, 0.3) is 22.3 Å². The zero-order valence-corrected chi connectivity index (χ0v) is 24.6. The number of benzene rings is 2. The average molecular weight is 589 g/mol. The fourth-order valence-corrected chi connectivity index (χ4v) is 6.47. The van der Waals surface area contributed by atoms with Crippen LogP contribution in [0.4, 0.5) is 0 Å². The van der Waals surface area contributed by atoms with Crippen LogP contribution in [0.15, 0.2) is 79.4 Å². The highest BCUT2D eigenvalue weighted by Crippen LogP contribution is 2.38. The van der Waals surface area contributed by atoms with Crippen LogP contribution in [0.1, 0.15) is 63.4 Å². The van der Waals surface area contributed by atoms with Gasteiger partial charge in [0.1, 0.15) is 11.4 Å². The van der Waals surface area contributed by atoms with Gasteiger partial charge >= 0.3 is 11.3 Å². The number of ether oxygens (including phenoxy) is 1. The Kier molecular flexibility index (Phi) is 8.43. The molecule has 0 bridgehead atoms. The Morgan fingerprint density at radius 1 is 0.976 bits per heavy atom. The molecule has 2 aliphatic heterocycles. The summed E-state index contributed by atoms with van der Waals surface area (Å²) in [5, 5.41) is 1.06. The molecule has 4 heterocycles. The Balaban J connectivity index is 1.48. The summed E-state index contributed by atoms with van der Waals surface area (Å²) in [5.41, 5.74) is 1.71. The van der Waals surface area contributed by atoms with Crippen LogP contribution in [0.3, 0.4) is 0 Å². The maximum Gasteiger partial charge on any atom is 0.356 e. The fraction of sp³-hybridized carbons (Fsp3) is 0.406. The molecular weight excluding hydrogens is 552 g/mol. The number of unbranched alkanes of at least 4 members (excludes halogenated alkanes) is 1. The number of rotatable bonds is 7. The van der Waals surface area contributed by atoms with Gasteiger partial charge in [-0.15, -0.1) is 9.48 Å². The van der Waals surface area contributed by atoms with E-state index in [1.54, 1.807) is 18.2 Å². The molecule has 0 amide bonds. The van der Waals surface area contributed by atoms with Gasteiger partial charge in [0.05, 0.1) is 12.3 Å². The van der Waals surface area contributed by atoms with E-state index in [2.05, 4.69) is 23.0 Å². The summed E-state index contributed by atoms with van der Waals surface area (Å²) >= 11 is 5.85. The molecular formula is C32H36N4O5S. The monoisotopic (exact) mass is 588 g/mol. The maximum atomic E-state index is 12.7. The van der Waals surface area contributed by atoms with E-state index in [9.17, 15) is 9.59 Å². The molecule has 2 fully saturated rings. The highest BCUT2D eigenvalue weighted by atomic mass is 32.1. The zero-order valence-electron chi connectivity index (χ0n) is 23.8. The van der Waals surface area contributed by atoms with Crippen LogP contribution >= 0.6 is 12.2 Å². The summed E-state index contributed by atoms with van der Waals surface area (Å²) in [4.78, 5) is 31.5. The maximum absolute atomic E-state index is 12.7. The van der Waals surface area contributed by atoms with Crippen molar-refractivity contribution in [3.63, 3.8) is 0 Å². The summed E-state index contributed by atoms with van der Waals surface area (Å²) in [7, 11) is 0. The lowest BCUT2D eigenvalue weighted by Gasteiger charge is -2.42. The molecule has 2 aliphatic rings. The quantitative estimate of drug-likeness (QED) is 0.196. The fourth-order valence-electron chi connectivity index (χ4n) is 6.19. The molecule has 0 saturated carbocycles. The number of aromatic nitrogens is 3. The van der Waals surface area contributed by atoms with Gasteiger partial charge in [0.2, 0.25) is 4.77 Å². The van der Waals surface area contributed by atoms with Crippen molar-refractivity contribution in [3.8, 4) is 17.1 Å². The first kappa shape index (κ1) is 28.2. The van der Waals surface area contributed by atoms with Crippen molar-refractivity contribution in [3.05, 3.63) is 92.0 Å². The number of H-pyrrole nitrogens is 1. The summed E-state index contributed by atoms with van der Waals surface area (Å²) in [6.07, 6.45) is 10.0. The van der Waals surface area contributed by atoms with Gasteiger partial charge in [-0.05, 0) is 99.2 Å². The molecule has 1 N–H and O–H groups in total. The molecule has 0 spiro atoms. The Bertz CT molecular complexity index is 1800. The van der Waals surface area contributed by atoms with Gasteiger partial charge in [0, 0.05) is 35.3 Å². The normalized spacial score (nSPS) is 18.9. The first-order valence-corrected chi connectivity index (χ1v) is 15.3. The van der Waals surface area contributed by atoms with Crippen molar-refractivity contribution in [2.75, 3.05) is 19.7 Å². The summed E-state index contributed by atoms with van der Waals surface area (Å²) in [5.74, 6) is 0.930. The molecule has 42 heavy (non-hydrogen) atoms. The lowest BCUT2D eigenvalue weighted by atomic mass is 9.82. The number of fused-ring (bicyclic) bond motifs is 2. The van der Waals surface area contributed by atoms with E-state index in [1.807, 2.05) is 24.3 Å². The average Bonchev–Trinajstić information content (AvgIpc) is 3.46. The van der Waals surface area contributed by atoms with Gasteiger partial charge < -0.3 is 23.7 Å². The minimum Gasteiger partial charge on any atom is -0.491 e. The van der Waals surface area contributed by atoms with E-state index >= 15 is 0 Å². The second-order valence-corrected chi connectivity index (χ2v) is 11.4. The molecule has 10 heteroatoms. The van der Waals surface area contributed by atoms with Crippen molar-refractivity contribution in [1.29, 1.82) is 0 Å². The molecule has 2 saturated heterocycles. The lowest BCUT2D eigenvalue weighted by Crippen LogP contribution is -2.44. The molecule has 6 rings (SSSR count). The Hall–Kier alpha value is -3.89. The SMILES string of the molecule is CCCCOc1ccccc1-n1oc(=O)ccc(=O)on(-c2ccc3[nH]cc(C4CCN5CCCCC5C4)c3c2)c1=S. The molecule has 2 aromatic heterocycles. The zero-order chi connectivity index (χ0) is 29.1. The van der Waals surface area contributed by atoms with Crippen molar-refractivity contribution in [2.24, 2.45) is 0 Å². The standard InChI is InChI=1S/C32H36N4O5S/c1-2-3-18-39-29-10-5-4-9-28(29)36-32(42)35(40-30(37)13-14-31(38)41-36)24-11-12-27-25(20-24)26(21-33-27)22-15-17-34-16-7-6-8-23(34)19-22/h4-5,9-14,20-23,33H,2-3,6-8,15-19H2,1H3. The summed E-state index contributed by atoms with van der Waals surface area (Å²) < 4.78 is 19.8. The lowest BCUT2D eigenvalue weighted by molar-refractivity contribution is 0.0977. The smallest absolute Gasteiger partial charge is 0.356 e. The topological polar surface area (TPSA) is 98.5 Å². The third-order valence-electron chi connectivity index (χ3n) is 8.35. The third kappa shape index (κ3) is 5.87. The predicted octanol–water partition coefficient (Wildman–Crippen LogP) is 6.42. The van der Waals surface area contributed by atoms with Crippen LogP contribution in [-0.2, 0) is 0 Å². The number of nitrogens with zero attached hydrogens (tertiary/aromatic N) is 3. The highest BCUT2D eigenvalue weighted by molar-refractivity contribution is 7.71. The van der Waals surface area contributed by atoms with Crippen molar-refractivity contribution < 1.29 is 13.8 Å². The van der Waals surface area contributed by atoms with E-state index in [-0.39, 0.29) is 4.77 Å². The van der Waals surface area contributed by atoms with Gasteiger partial charge in [0.25, 0.3) is 0 Å². The molecule has 220 valence electrons. The second kappa shape index (κ2) is 12.5. The third-order valence-corrected chi connectivity index (χ3v) is 8.68. The molecule has 2 unspecified atom stereocenters.